The number of aryl methyl sites for hydroxylation is 2. The second-order valence-electron chi connectivity index (χ2n) is 6.49. The molecule has 0 fully saturated rings. The molecular formula is C22H18N2O3S. The summed E-state index contributed by atoms with van der Waals surface area (Å²) < 4.78 is 11.0. The van der Waals surface area contributed by atoms with E-state index in [1.807, 2.05) is 62.4 Å². The van der Waals surface area contributed by atoms with Gasteiger partial charge < -0.3 is 8.83 Å². The summed E-state index contributed by atoms with van der Waals surface area (Å²) in [6.45, 7) is 4.01. The van der Waals surface area contributed by atoms with Crippen molar-refractivity contribution in [2.45, 2.75) is 24.3 Å². The summed E-state index contributed by atoms with van der Waals surface area (Å²) in [6.07, 6.45) is 1.54. The SMILES string of the molecule is Cc1ccc(C(=O)[C@@H](Sc2nnc(-c3ccco3)o2)c2ccc(C)cc2)cc1. The van der Waals surface area contributed by atoms with Gasteiger partial charge in [0.25, 0.3) is 11.1 Å². The first-order valence-corrected chi connectivity index (χ1v) is 9.69. The lowest BCUT2D eigenvalue weighted by Crippen LogP contribution is -2.10. The molecule has 6 heteroatoms. The molecule has 4 aromatic rings. The zero-order valence-corrected chi connectivity index (χ0v) is 16.3. The van der Waals surface area contributed by atoms with Crippen molar-refractivity contribution in [1.82, 2.24) is 10.2 Å². The van der Waals surface area contributed by atoms with Gasteiger partial charge in [-0.1, -0.05) is 59.7 Å². The predicted molar refractivity (Wildman–Crippen MR) is 107 cm³/mol. The minimum Gasteiger partial charge on any atom is -0.459 e. The van der Waals surface area contributed by atoms with Crippen LogP contribution < -0.4 is 0 Å². The summed E-state index contributed by atoms with van der Waals surface area (Å²) in [4.78, 5) is 13.3. The number of ketones is 1. The maximum atomic E-state index is 13.3. The maximum absolute atomic E-state index is 13.3. The third-order valence-electron chi connectivity index (χ3n) is 4.31. The minimum absolute atomic E-state index is 0.00778. The fourth-order valence-electron chi connectivity index (χ4n) is 2.74. The molecule has 0 spiro atoms. The third kappa shape index (κ3) is 3.92. The van der Waals surface area contributed by atoms with Gasteiger partial charge in [0.15, 0.2) is 11.5 Å². The van der Waals surface area contributed by atoms with Crippen LogP contribution in [-0.4, -0.2) is 16.0 Å². The van der Waals surface area contributed by atoms with Gasteiger partial charge in [0.05, 0.1) is 6.26 Å². The molecule has 140 valence electrons. The van der Waals surface area contributed by atoms with Gasteiger partial charge >= 0.3 is 0 Å². The Morgan fingerprint density at radius 2 is 1.61 bits per heavy atom. The van der Waals surface area contributed by atoms with Gasteiger partial charge in [-0.25, -0.2) is 0 Å². The van der Waals surface area contributed by atoms with Crippen LogP contribution in [0.3, 0.4) is 0 Å². The average Bonchev–Trinajstić information content (AvgIpc) is 3.39. The number of thioether (sulfide) groups is 1. The Kier molecular flexibility index (Phi) is 5.12. The van der Waals surface area contributed by atoms with Gasteiger partial charge in [-0.2, -0.15) is 0 Å². The molecule has 4 rings (SSSR count). The van der Waals surface area contributed by atoms with E-state index in [1.165, 1.54) is 11.8 Å². The first-order valence-electron chi connectivity index (χ1n) is 8.81. The second kappa shape index (κ2) is 7.86. The quantitative estimate of drug-likeness (QED) is 0.312. The number of furan rings is 1. The van der Waals surface area contributed by atoms with Crippen LogP contribution >= 0.6 is 11.8 Å². The Morgan fingerprint density at radius 1 is 0.929 bits per heavy atom. The van der Waals surface area contributed by atoms with E-state index in [-0.39, 0.29) is 11.7 Å². The van der Waals surface area contributed by atoms with Crippen LogP contribution in [0.15, 0.2) is 81.0 Å². The maximum Gasteiger partial charge on any atom is 0.284 e. The van der Waals surface area contributed by atoms with Crippen LogP contribution in [0.25, 0.3) is 11.7 Å². The van der Waals surface area contributed by atoms with Crippen molar-refractivity contribution in [3.63, 3.8) is 0 Å². The molecule has 0 aliphatic rings. The molecule has 0 aliphatic heterocycles. The average molecular weight is 390 g/mol. The molecule has 0 amide bonds. The highest BCUT2D eigenvalue weighted by Gasteiger charge is 2.26. The fraction of sp³-hybridized carbons (Fsp3) is 0.136. The van der Waals surface area contributed by atoms with Crippen LogP contribution in [-0.2, 0) is 0 Å². The highest BCUT2D eigenvalue weighted by Crippen LogP contribution is 2.38. The summed E-state index contributed by atoms with van der Waals surface area (Å²) >= 11 is 1.24. The zero-order valence-electron chi connectivity index (χ0n) is 15.5. The molecule has 1 atom stereocenters. The van der Waals surface area contributed by atoms with Crippen molar-refractivity contribution in [3.05, 3.63) is 89.2 Å². The number of Topliss-reactive ketones (excluding diaryl/α,β-unsaturated/α-hetero) is 1. The smallest absolute Gasteiger partial charge is 0.284 e. The normalized spacial score (nSPS) is 12.1. The number of carbonyl (C=O) groups is 1. The number of aromatic nitrogens is 2. The van der Waals surface area contributed by atoms with E-state index in [1.54, 1.807) is 18.4 Å². The molecule has 5 nitrogen and oxygen atoms in total. The molecule has 0 bridgehead atoms. The van der Waals surface area contributed by atoms with Crippen molar-refractivity contribution in [3.8, 4) is 11.7 Å². The van der Waals surface area contributed by atoms with Crippen LogP contribution in [0.4, 0.5) is 0 Å². The van der Waals surface area contributed by atoms with Crippen molar-refractivity contribution in [2.24, 2.45) is 0 Å². The lowest BCUT2D eigenvalue weighted by atomic mass is 10.0. The summed E-state index contributed by atoms with van der Waals surface area (Å²) in [5.74, 6) is 0.778. The number of hydrogen-bond acceptors (Lipinski definition) is 6. The summed E-state index contributed by atoms with van der Waals surface area (Å²) in [7, 11) is 0. The number of carbonyl (C=O) groups excluding carboxylic acids is 1. The Hall–Kier alpha value is -3.12. The molecular weight excluding hydrogens is 372 g/mol. The number of rotatable bonds is 6. The largest absolute Gasteiger partial charge is 0.459 e. The lowest BCUT2D eigenvalue weighted by molar-refractivity contribution is 0.0989. The van der Waals surface area contributed by atoms with Crippen molar-refractivity contribution in [2.75, 3.05) is 0 Å². The van der Waals surface area contributed by atoms with Crippen LogP contribution in [0.2, 0.25) is 0 Å². The topological polar surface area (TPSA) is 69.1 Å². The molecule has 0 aliphatic carbocycles. The lowest BCUT2D eigenvalue weighted by Gasteiger charge is -2.14. The van der Waals surface area contributed by atoms with Crippen LogP contribution in [0.1, 0.15) is 32.3 Å². The summed E-state index contributed by atoms with van der Waals surface area (Å²) in [5.41, 5.74) is 3.78. The van der Waals surface area contributed by atoms with Gasteiger partial charge in [0.1, 0.15) is 5.25 Å². The molecule has 0 N–H and O–H groups in total. The Morgan fingerprint density at radius 3 is 2.25 bits per heavy atom. The van der Waals surface area contributed by atoms with E-state index in [2.05, 4.69) is 10.2 Å². The predicted octanol–water partition coefficient (Wildman–Crippen LogP) is 5.66. The fourth-order valence-corrected chi connectivity index (χ4v) is 3.69. The molecule has 2 aromatic heterocycles. The molecule has 0 saturated carbocycles. The van der Waals surface area contributed by atoms with Crippen LogP contribution in [0, 0.1) is 13.8 Å². The van der Waals surface area contributed by atoms with Gasteiger partial charge in [-0.05, 0) is 43.3 Å². The standard InChI is InChI=1S/C22H18N2O3S/c1-14-5-9-16(10-6-14)19(25)20(17-11-7-15(2)8-12-17)28-22-24-23-21(27-22)18-4-3-13-26-18/h3-13,20H,1-2H3/t20-/m0/s1. The summed E-state index contributed by atoms with van der Waals surface area (Å²) in [6, 6.07) is 19.0. The van der Waals surface area contributed by atoms with Crippen molar-refractivity contribution < 1.29 is 13.6 Å². The van der Waals surface area contributed by atoms with E-state index in [4.69, 9.17) is 8.83 Å². The van der Waals surface area contributed by atoms with E-state index in [9.17, 15) is 4.79 Å². The number of hydrogen-bond donors (Lipinski definition) is 0. The van der Waals surface area contributed by atoms with E-state index < -0.39 is 5.25 Å². The van der Waals surface area contributed by atoms with E-state index >= 15 is 0 Å². The molecule has 0 unspecified atom stereocenters. The Bertz CT molecular complexity index is 1070. The van der Waals surface area contributed by atoms with E-state index in [0.29, 0.717) is 16.5 Å². The highest BCUT2D eigenvalue weighted by atomic mass is 32.2. The van der Waals surface area contributed by atoms with Gasteiger partial charge in [0.2, 0.25) is 0 Å². The first kappa shape index (κ1) is 18.3. The second-order valence-corrected chi connectivity index (χ2v) is 7.55. The van der Waals surface area contributed by atoms with Gasteiger partial charge in [-0.3, -0.25) is 4.79 Å². The monoisotopic (exact) mass is 390 g/mol. The number of benzene rings is 2. The summed E-state index contributed by atoms with van der Waals surface area (Å²) in [5, 5.41) is 7.92. The number of nitrogens with zero attached hydrogens (tertiary/aromatic N) is 2. The van der Waals surface area contributed by atoms with Gasteiger partial charge in [-0.15, -0.1) is 10.2 Å². The molecule has 2 heterocycles. The Balaban J connectivity index is 1.66. The highest BCUT2D eigenvalue weighted by molar-refractivity contribution is 8.00. The molecule has 28 heavy (non-hydrogen) atoms. The Labute approximate surface area is 166 Å². The third-order valence-corrected chi connectivity index (χ3v) is 5.40. The van der Waals surface area contributed by atoms with Crippen LogP contribution in [0.5, 0.6) is 0 Å². The minimum atomic E-state index is -0.492. The van der Waals surface area contributed by atoms with Crippen molar-refractivity contribution >= 4 is 17.5 Å². The zero-order chi connectivity index (χ0) is 19.5. The molecule has 0 radical (unpaired) electrons. The molecule has 0 saturated heterocycles. The first-order chi connectivity index (χ1) is 13.6. The van der Waals surface area contributed by atoms with Crippen molar-refractivity contribution in [1.29, 1.82) is 0 Å². The van der Waals surface area contributed by atoms with E-state index in [0.717, 1.165) is 16.7 Å². The molecule has 2 aromatic carbocycles. The van der Waals surface area contributed by atoms with Gasteiger partial charge in [0, 0.05) is 5.56 Å².